The van der Waals surface area contributed by atoms with Gasteiger partial charge in [0.05, 0.1) is 0 Å². The van der Waals surface area contributed by atoms with Crippen molar-refractivity contribution >= 4 is 10.9 Å². The molecule has 0 unspecified atom stereocenters. The number of nitrogens with zero attached hydrogens (tertiary/aromatic N) is 2. The van der Waals surface area contributed by atoms with E-state index in [9.17, 15) is 5.11 Å². The molecular weight excluding hydrogens is 260 g/mol. The molecule has 0 spiro atoms. The van der Waals surface area contributed by atoms with Crippen LogP contribution in [0.15, 0.2) is 24.4 Å². The number of pyridine rings is 1. The standard InChI is InChI=1S/C18H22N2O/c21-18-16(13-6-7-13)11-14(12-20-9-2-1-3-10-20)15-5-4-8-19-17(15)18/h4-5,8,11,13,21H,1-3,6-7,9-10,12H2. The van der Waals surface area contributed by atoms with Gasteiger partial charge in [-0.1, -0.05) is 12.5 Å². The van der Waals surface area contributed by atoms with Crippen LogP contribution >= 0.6 is 0 Å². The molecule has 0 atom stereocenters. The van der Waals surface area contributed by atoms with E-state index in [0.717, 1.165) is 23.0 Å². The number of hydrogen-bond acceptors (Lipinski definition) is 3. The summed E-state index contributed by atoms with van der Waals surface area (Å²) in [6, 6.07) is 6.31. The molecule has 1 aromatic heterocycles. The van der Waals surface area contributed by atoms with Crippen LogP contribution in [0.5, 0.6) is 5.75 Å². The Hall–Kier alpha value is -1.61. The maximum Gasteiger partial charge on any atom is 0.145 e. The third kappa shape index (κ3) is 2.51. The topological polar surface area (TPSA) is 36.4 Å². The number of aromatic nitrogens is 1. The van der Waals surface area contributed by atoms with Gasteiger partial charge in [0.2, 0.25) is 0 Å². The highest BCUT2D eigenvalue weighted by atomic mass is 16.3. The lowest BCUT2D eigenvalue weighted by atomic mass is 9.99. The van der Waals surface area contributed by atoms with Crippen LogP contribution in [0.4, 0.5) is 0 Å². The zero-order valence-corrected chi connectivity index (χ0v) is 12.4. The maximum atomic E-state index is 10.5. The van der Waals surface area contributed by atoms with Crippen molar-refractivity contribution in [2.75, 3.05) is 13.1 Å². The monoisotopic (exact) mass is 282 g/mol. The number of hydrogen-bond donors (Lipinski definition) is 1. The second kappa shape index (κ2) is 5.30. The van der Waals surface area contributed by atoms with Crippen molar-refractivity contribution in [1.82, 2.24) is 9.88 Å². The summed E-state index contributed by atoms with van der Waals surface area (Å²) in [5, 5.41) is 11.6. The fourth-order valence-electron chi connectivity index (χ4n) is 3.52. The van der Waals surface area contributed by atoms with Gasteiger partial charge in [0, 0.05) is 18.1 Å². The molecule has 2 heterocycles. The number of rotatable bonds is 3. The molecule has 0 bridgehead atoms. The van der Waals surface area contributed by atoms with E-state index in [1.54, 1.807) is 6.20 Å². The first kappa shape index (κ1) is 13.1. The molecule has 1 aromatic carbocycles. The van der Waals surface area contributed by atoms with E-state index in [1.165, 1.54) is 50.8 Å². The number of fused-ring (bicyclic) bond motifs is 1. The lowest BCUT2D eigenvalue weighted by molar-refractivity contribution is 0.221. The average Bonchev–Trinajstić information content (AvgIpc) is 3.36. The summed E-state index contributed by atoms with van der Waals surface area (Å²) < 4.78 is 0. The van der Waals surface area contributed by atoms with E-state index >= 15 is 0 Å². The van der Waals surface area contributed by atoms with E-state index in [-0.39, 0.29) is 0 Å². The Morgan fingerprint density at radius 1 is 1.19 bits per heavy atom. The highest BCUT2D eigenvalue weighted by Crippen LogP contribution is 2.46. The Bertz CT molecular complexity index is 658. The molecule has 110 valence electrons. The summed E-state index contributed by atoms with van der Waals surface area (Å²) in [6.07, 6.45) is 8.17. The van der Waals surface area contributed by atoms with E-state index < -0.39 is 0 Å². The fourth-order valence-corrected chi connectivity index (χ4v) is 3.52. The summed E-state index contributed by atoms with van der Waals surface area (Å²) in [5.74, 6) is 0.965. The molecule has 1 aliphatic heterocycles. The molecule has 0 radical (unpaired) electrons. The highest BCUT2D eigenvalue weighted by Gasteiger charge is 2.28. The normalized spacial score (nSPS) is 20.0. The summed E-state index contributed by atoms with van der Waals surface area (Å²) in [4.78, 5) is 6.98. The first-order chi connectivity index (χ1) is 10.3. The lowest BCUT2D eigenvalue weighted by Gasteiger charge is -2.27. The fraction of sp³-hybridized carbons (Fsp3) is 0.500. The zero-order chi connectivity index (χ0) is 14.2. The van der Waals surface area contributed by atoms with Gasteiger partial charge in [-0.15, -0.1) is 0 Å². The molecule has 3 nitrogen and oxygen atoms in total. The zero-order valence-electron chi connectivity index (χ0n) is 12.4. The minimum atomic E-state index is 0.412. The second-order valence-corrected chi connectivity index (χ2v) is 6.48. The van der Waals surface area contributed by atoms with Crippen LogP contribution in [0.3, 0.4) is 0 Å². The average molecular weight is 282 g/mol. The molecular formula is C18H22N2O. The molecule has 2 aromatic rings. The van der Waals surface area contributed by atoms with Gasteiger partial charge in [-0.3, -0.25) is 9.88 Å². The first-order valence-electron chi connectivity index (χ1n) is 8.15. The van der Waals surface area contributed by atoms with Crippen molar-refractivity contribution in [3.63, 3.8) is 0 Å². The summed E-state index contributed by atoms with van der Waals surface area (Å²) in [5.41, 5.74) is 3.24. The number of phenols is 1. The van der Waals surface area contributed by atoms with E-state index in [4.69, 9.17) is 0 Å². The number of piperidine rings is 1. The molecule has 1 aliphatic carbocycles. The molecule has 2 fully saturated rings. The van der Waals surface area contributed by atoms with Gasteiger partial charge >= 0.3 is 0 Å². The first-order valence-corrected chi connectivity index (χ1v) is 8.15. The van der Waals surface area contributed by atoms with Crippen molar-refractivity contribution in [1.29, 1.82) is 0 Å². The molecule has 3 heteroatoms. The number of likely N-dealkylation sites (tertiary alicyclic amines) is 1. The van der Waals surface area contributed by atoms with Crippen molar-refractivity contribution < 1.29 is 5.11 Å². The predicted molar refractivity (Wildman–Crippen MR) is 84.5 cm³/mol. The molecule has 4 rings (SSSR count). The molecule has 1 saturated heterocycles. The van der Waals surface area contributed by atoms with Gasteiger partial charge in [-0.05, 0) is 68.0 Å². The predicted octanol–water partition coefficient (Wildman–Crippen LogP) is 3.80. The van der Waals surface area contributed by atoms with Crippen LogP contribution in [0.1, 0.15) is 49.1 Å². The van der Waals surface area contributed by atoms with Gasteiger partial charge in [0.1, 0.15) is 11.3 Å². The molecule has 1 saturated carbocycles. The smallest absolute Gasteiger partial charge is 0.145 e. The second-order valence-electron chi connectivity index (χ2n) is 6.48. The van der Waals surface area contributed by atoms with E-state index in [2.05, 4.69) is 22.0 Å². The number of phenolic OH excluding ortho intramolecular Hbond substituents is 1. The van der Waals surface area contributed by atoms with Crippen molar-refractivity contribution in [3.05, 3.63) is 35.5 Å². The van der Waals surface area contributed by atoms with Crippen LogP contribution in [0.25, 0.3) is 10.9 Å². The largest absolute Gasteiger partial charge is 0.505 e. The van der Waals surface area contributed by atoms with Gasteiger partial charge in [0.15, 0.2) is 0 Å². The molecule has 1 N–H and O–H groups in total. The van der Waals surface area contributed by atoms with Crippen molar-refractivity contribution in [3.8, 4) is 5.75 Å². The SMILES string of the molecule is Oc1c(C2CC2)cc(CN2CCCCC2)c2cccnc12. The Kier molecular flexibility index (Phi) is 3.30. The Balaban J connectivity index is 1.77. The minimum absolute atomic E-state index is 0.412. The Morgan fingerprint density at radius 3 is 2.76 bits per heavy atom. The van der Waals surface area contributed by atoms with Crippen LogP contribution in [0, 0.1) is 0 Å². The maximum absolute atomic E-state index is 10.5. The van der Waals surface area contributed by atoms with Crippen LogP contribution in [-0.4, -0.2) is 28.1 Å². The Morgan fingerprint density at radius 2 is 2.00 bits per heavy atom. The summed E-state index contributed by atoms with van der Waals surface area (Å²) in [6.45, 7) is 3.38. The van der Waals surface area contributed by atoms with Crippen LogP contribution < -0.4 is 0 Å². The minimum Gasteiger partial charge on any atom is -0.505 e. The van der Waals surface area contributed by atoms with Gasteiger partial charge in [-0.2, -0.15) is 0 Å². The molecule has 21 heavy (non-hydrogen) atoms. The number of aromatic hydroxyl groups is 1. The molecule has 2 aliphatic rings. The molecule has 0 amide bonds. The van der Waals surface area contributed by atoms with Crippen molar-refractivity contribution in [2.24, 2.45) is 0 Å². The van der Waals surface area contributed by atoms with E-state index in [0.29, 0.717) is 11.7 Å². The quantitative estimate of drug-likeness (QED) is 0.930. The lowest BCUT2D eigenvalue weighted by Crippen LogP contribution is -2.29. The van der Waals surface area contributed by atoms with Gasteiger partial charge < -0.3 is 5.11 Å². The van der Waals surface area contributed by atoms with Gasteiger partial charge in [-0.25, -0.2) is 0 Å². The van der Waals surface area contributed by atoms with Gasteiger partial charge in [0.25, 0.3) is 0 Å². The third-order valence-corrected chi connectivity index (χ3v) is 4.84. The highest BCUT2D eigenvalue weighted by molar-refractivity contribution is 5.89. The third-order valence-electron chi connectivity index (χ3n) is 4.84. The summed E-state index contributed by atoms with van der Waals surface area (Å²) in [7, 11) is 0. The van der Waals surface area contributed by atoms with Crippen LogP contribution in [0.2, 0.25) is 0 Å². The Labute approximate surface area is 125 Å². The number of benzene rings is 1. The van der Waals surface area contributed by atoms with E-state index in [1.807, 2.05) is 6.07 Å². The van der Waals surface area contributed by atoms with Crippen LogP contribution in [-0.2, 0) is 6.54 Å². The van der Waals surface area contributed by atoms with Crippen molar-refractivity contribution in [2.45, 2.75) is 44.6 Å². The summed E-state index contributed by atoms with van der Waals surface area (Å²) >= 11 is 0.